The van der Waals surface area contributed by atoms with Crippen molar-refractivity contribution >= 4 is 33.5 Å². The molecule has 2 rings (SSSR count). The lowest BCUT2D eigenvalue weighted by Gasteiger charge is -2.33. The number of anilines is 2. The molecule has 1 aromatic heterocycles. The summed E-state index contributed by atoms with van der Waals surface area (Å²) in [6.45, 7) is 7.81. The second-order valence-electron chi connectivity index (χ2n) is 6.95. The molecule has 3 N–H and O–H groups in total. The third-order valence-electron chi connectivity index (χ3n) is 3.80. The molecule has 0 saturated carbocycles. The Bertz CT molecular complexity index is 569. The van der Waals surface area contributed by atoms with E-state index in [2.05, 4.69) is 36.6 Å². The van der Waals surface area contributed by atoms with Crippen molar-refractivity contribution in [1.29, 1.82) is 0 Å². The zero-order valence-corrected chi connectivity index (χ0v) is 15.9. The van der Waals surface area contributed by atoms with Gasteiger partial charge in [-0.3, -0.25) is 10.7 Å². The first kappa shape index (κ1) is 18.8. The average molecular weight is 401 g/mol. The summed E-state index contributed by atoms with van der Waals surface area (Å²) in [7, 11) is 0. The van der Waals surface area contributed by atoms with E-state index in [0.717, 1.165) is 36.2 Å². The smallest absolute Gasteiger partial charge is 0.407 e. The summed E-state index contributed by atoms with van der Waals surface area (Å²) >= 11 is 3.34. The number of amides is 1. The molecule has 0 aliphatic carbocycles. The van der Waals surface area contributed by atoms with Crippen molar-refractivity contribution in [2.75, 3.05) is 30.0 Å². The lowest BCUT2D eigenvalue weighted by molar-refractivity contribution is 0.0517. The van der Waals surface area contributed by atoms with Crippen LogP contribution in [0.3, 0.4) is 0 Å². The number of carbonyl (C=O) groups is 1. The molecule has 0 spiro atoms. The van der Waals surface area contributed by atoms with Crippen molar-refractivity contribution < 1.29 is 14.7 Å². The van der Waals surface area contributed by atoms with Crippen molar-refractivity contribution in [2.24, 2.45) is 5.92 Å². The van der Waals surface area contributed by atoms with E-state index in [9.17, 15) is 10.0 Å². The first-order valence-corrected chi connectivity index (χ1v) is 8.85. The van der Waals surface area contributed by atoms with Crippen LogP contribution in [0.4, 0.5) is 16.3 Å². The Morgan fingerprint density at radius 2 is 2.12 bits per heavy atom. The molecule has 7 nitrogen and oxygen atoms in total. The first-order valence-electron chi connectivity index (χ1n) is 8.06. The third-order valence-corrected chi connectivity index (χ3v) is 4.24. The predicted octanol–water partition coefficient (Wildman–Crippen LogP) is 3.39. The van der Waals surface area contributed by atoms with Gasteiger partial charge in [0.25, 0.3) is 0 Å². The fourth-order valence-corrected chi connectivity index (χ4v) is 2.99. The molecule has 8 heteroatoms. The fourth-order valence-electron chi connectivity index (χ4n) is 2.66. The van der Waals surface area contributed by atoms with Gasteiger partial charge >= 0.3 is 6.09 Å². The highest BCUT2D eigenvalue weighted by molar-refractivity contribution is 9.10. The molecule has 0 unspecified atom stereocenters. The van der Waals surface area contributed by atoms with E-state index in [1.54, 1.807) is 12.3 Å². The van der Waals surface area contributed by atoms with Gasteiger partial charge in [-0.05, 0) is 61.5 Å². The van der Waals surface area contributed by atoms with E-state index < -0.39 is 5.60 Å². The molecule has 1 aliphatic rings. The van der Waals surface area contributed by atoms with Gasteiger partial charge in [0.2, 0.25) is 0 Å². The molecule has 0 radical (unpaired) electrons. The molecule has 2 heterocycles. The summed E-state index contributed by atoms with van der Waals surface area (Å²) in [5, 5.41) is 12.1. The van der Waals surface area contributed by atoms with Gasteiger partial charge in [0.05, 0.1) is 0 Å². The fraction of sp³-hybridized carbons (Fsp3) is 0.625. The Kier molecular flexibility index (Phi) is 6.28. The number of hydrogen-bond donors (Lipinski definition) is 3. The summed E-state index contributed by atoms with van der Waals surface area (Å²) in [4.78, 5) is 18.2. The number of nitrogens with one attached hydrogen (secondary N) is 2. The summed E-state index contributed by atoms with van der Waals surface area (Å²) in [6.07, 6.45) is 3.23. The molecule has 1 amide bonds. The van der Waals surface area contributed by atoms with E-state index in [1.165, 1.54) is 0 Å². The summed E-state index contributed by atoms with van der Waals surface area (Å²) in [6, 6.07) is 1.79. The second kappa shape index (κ2) is 8.02. The van der Waals surface area contributed by atoms with Crippen LogP contribution in [-0.4, -0.2) is 41.5 Å². The molecular weight excluding hydrogens is 376 g/mol. The number of aromatic nitrogens is 1. The van der Waals surface area contributed by atoms with Gasteiger partial charge < -0.3 is 15.0 Å². The minimum absolute atomic E-state index is 0.369. The number of hydrogen-bond acceptors (Lipinski definition) is 6. The number of carbonyl (C=O) groups excluding carboxylic acids is 1. The van der Waals surface area contributed by atoms with Crippen LogP contribution in [0.25, 0.3) is 0 Å². The number of piperidine rings is 1. The molecule has 1 fully saturated rings. The first-order chi connectivity index (χ1) is 11.3. The molecule has 0 aromatic carbocycles. The van der Waals surface area contributed by atoms with Gasteiger partial charge in [-0.25, -0.2) is 9.78 Å². The van der Waals surface area contributed by atoms with Crippen molar-refractivity contribution in [3.05, 3.63) is 16.7 Å². The Labute approximate surface area is 150 Å². The maximum absolute atomic E-state index is 11.7. The Morgan fingerprint density at radius 1 is 1.46 bits per heavy atom. The molecule has 1 aromatic rings. The van der Waals surface area contributed by atoms with Gasteiger partial charge in [0.15, 0.2) is 5.82 Å². The van der Waals surface area contributed by atoms with E-state index in [-0.39, 0.29) is 6.09 Å². The Hall–Kier alpha value is -1.54. The molecular formula is C16H25BrN4O3. The third kappa shape index (κ3) is 5.52. The number of rotatable bonds is 4. The zero-order chi connectivity index (χ0) is 17.7. The van der Waals surface area contributed by atoms with Gasteiger partial charge in [-0.15, -0.1) is 0 Å². The van der Waals surface area contributed by atoms with Crippen LogP contribution in [-0.2, 0) is 4.74 Å². The Morgan fingerprint density at radius 3 is 2.71 bits per heavy atom. The van der Waals surface area contributed by atoms with Crippen molar-refractivity contribution in [3.8, 4) is 0 Å². The number of ether oxygens (including phenoxy) is 1. The standard InChI is InChI=1S/C16H25BrN4O3/c1-16(2,3)24-15(22)19-9-11-4-6-21(7-5-11)14-13(20-23)8-12(17)10-18-14/h8,10-11,20,23H,4-7,9H2,1-3H3,(H,19,22). The molecule has 1 saturated heterocycles. The van der Waals surface area contributed by atoms with Crippen LogP contribution in [0.5, 0.6) is 0 Å². The summed E-state index contributed by atoms with van der Waals surface area (Å²) < 4.78 is 6.05. The topological polar surface area (TPSA) is 86.7 Å². The maximum atomic E-state index is 11.7. The number of pyridine rings is 1. The van der Waals surface area contributed by atoms with Crippen LogP contribution in [0.1, 0.15) is 33.6 Å². The SMILES string of the molecule is CC(C)(C)OC(=O)NCC1CCN(c2ncc(Br)cc2NO)CC1. The maximum Gasteiger partial charge on any atom is 0.407 e. The highest BCUT2D eigenvalue weighted by Gasteiger charge is 2.23. The van der Waals surface area contributed by atoms with Crippen LogP contribution in [0, 0.1) is 5.92 Å². The van der Waals surface area contributed by atoms with Crippen LogP contribution in [0.2, 0.25) is 0 Å². The number of nitrogens with zero attached hydrogens (tertiary/aromatic N) is 2. The van der Waals surface area contributed by atoms with Crippen molar-refractivity contribution in [3.63, 3.8) is 0 Å². The van der Waals surface area contributed by atoms with E-state index >= 15 is 0 Å². The van der Waals surface area contributed by atoms with Gasteiger partial charge in [-0.1, -0.05) is 0 Å². The Balaban J connectivity index is 1.82. The summed E-state index contributed by atoms with van der Waals surface area (Å²) in [5.74, 6) is 1.15. The van der Waals surface area contributed by atoms with Gasteiger partial charge in [0.1, 0.15) is 11.3 Å². The normalized spacial score (nSPS) is 16.0. The highest BCUT2D eigenvalue weighted by atomic mass is 79.9. The van der Waals surface area contributed by atoms with E-state index in [0.29, 0.717) is 18.2 Å². The molecule has 134 valence electrons. The van der Waals surface area contributed by atoms with Crippen LogP contribution < -0.4 is 15.7 Å². The zero-order valence-electron chi connectivity index (χ0n) is 14.3. The van der Waals surface area contributed by atoms with E-state index in [4.69, 9.17) is 4.74 Å². The quantitative estimate of drug-likeness (QED) is 0.671. The van der Waals surface area contributed by atoms with Gasteiger partial charge in [-0.2, -0.15) is 0 Å². The van der Waals surface area contributed by atoms with Crippen molar-refractivity contribution in [2.45, 2.75) is 39.2 Å². The second-order valence-corrected chi connectivity index (χ2v) is 7.87. The predicted molar refractivity (Wildman–Crippen MR) is 96.5 cm³/mol. The lowest BCUT2D eigenvalue weighted by Crippen LogP contribution is -2.40. The van der Waals surface area contributed by atoms with Crippen LogP contribution in [0.15, 0.2) is 16.7 Å². The monoisotopic (exact) mass is 400 g/mol. The number of alkyl carbamates (subject to hydrolysis) is 1. The number of halogens is 1. The molecule has 0 bridgehead atoms. The minimum Gasteiger partial charge on any atom is -0.444 e. The minimum atomic E-state index is -0.478. The average Bonchev–Trinajstić information content (AvgIpc) is 2.52. The molecule has 24 heavy (non-hydrogen) atoms. The van der Waals surface area contributed by atoms with Crippen molar-refractivity contribution in [1.82, 2.24) is 10.3 Å². The molecule has 0 atom stereocenters. The van der Waals surface area contributed by atoms with E-state index in [1.807, 2.05) is 20.8 Å². The van der Waals surface area contributed by atoms with Gasteiger partial charge in [0, 0.05) is 30.3 Å². The highest BCUT2D eigenvalue weighted by Crippen LogP contribution is 2.29. The molecule has 1 aliphatic heterocycles. The summed E-state index contributed by atoms with van der Waals surface area (Å²) in [5.41, 5.74) is 2.30. The van der Waals surface area contributed by atoms with Crippen LogP contribution >= 0.6 is 15.9 Å². The largest absolute Gasteiger partial charge is 0.444 e. The lowest BCUT2D eigenvalue weighted by atomic mass is 9.97.